The molecule has 0 saturated heterocycles. The maximum absolute atomic E-state index is 5.14. The first-order chi connectivity index (χ1) is 28.7. The fraction of sp³-hybridized carbons (Fsp3) is 0. The Labute approximate surface area is 334 Å². The maximum atomic E-state index is 5.14. The SMILES string of the molecule is c1ccc(-c2cc(-c3ccc4ccc(-n5c6ccccc6c6cc7c8ccccc8n(-c8ccc9ccccc9c8)c7cc65)cc4c3)nc(-c3ccccc3)n2)cc1. The summed E-state index contributed by atoms with van der Waals surface area (Å²) in [5, 5.41) is 9.75. The molecule has 0 amide bonds. The third kappa shape index (κ3) is 5.16. The van der Waals surface area contributed by atoms with Gasteiger partial charge in [-0.3, -0.25) is 0 Å². The van der Waals surface area contributed by atoms with Gasteiger partial charge in [0.05, 0.1) is 33.5 Å². The van der Waals surface area contributed by atoms with Crippen LogP contribution in [0.4, 0.5) is 0 Å². The monoisotopic (exact) mass is 738 g/mol. The Hall–Kier alpha value is -7.82. The summed E-state index contributed by atoms with van der Waals surface area (Å²) in [5.41, 5.74) is 11.9. The summed E-state index contributed by atoms with van der Waals surface area (Å²) in [6, 6.07) is 74.0. The number of aromatic nitrogens is 4. The average molecular weight is 739 g/mol. The Kier molecular flexibility index (Phi) is 7.20. The molecule has 0 aliphatic heterocycles. The number of para-hydroxylation sites is 2. The smallest absolute Gasteiger partial charge is 0.160 e. The molecule has 0 aliphatic carbocycles. The van der Waals surface area contributed by atoms with E-state index >= 15 is 0 Å². The van der Waals surface area contributed by atoms with Crippen LogP contribution in [0.2, 0.25) is 0 Å². The molecule has 3 aromatic heterocycles. The van der Waals surface area contributed by atoms with E-state index in [1.165, 1.54) is 59.8 Å². The van der Waals surface area contributed by atoms with Gasteiger partial charge < -0.3 is 9.13 Å². The second kappa shape index (κ2) is 12.9. The van der Waals surface area contributed by atoms with E-state index in [1.807, 2.05) is 24.3 Å². The molecule has 270 valence electrons. The summed E-state index contributed by atoms with van der Waals surface area (Å²) in [6.07, 6.45) is 0. The third-order valence-electron chi connectivity index (χ3n) is 11.7. The van der Waals surface area contributed by atoms with Gasteiger partial charge in [-0.05, 0) is 82.2 Å². The van der Waals surface area contributed by atoms with Crippen molar-refractivity contribution >= 4 is 65.2 Å². The molecule has 9 aromatic carbocycles. The Bertz CT molecular complexity index is 3500. The van der Waals surface area contributed by atoms with E-state index in [-0.39, 0.29) is 0 Å². The van der Waals surface area contributed by atoms with E-state index < -0.39 is 0 Å². The first kappa shape index (κ1) is 32.4. The first-order valence-electron chi connectivity index (χ1n) is 19.7. The van der Waals surface area contributed by atoms with Crippen molar-refractivity contribution in [2.45, 2.75) is 0 Å². The lowest BCUT2D eigenvalue weighted by Gasteiger charge is -2.12. The summed E-state index contributed by atoms with van der Waals surface area (Å²) in [6.45, 7) is 0. The van der Waals surface area contributed by atoms with E-state index in [2.05, 4.69) is 191 Å². The zero-order chi connectivity index (χ0) is 38.2. The lowest BCUT2D eigenvalue weighted by molar-refractivity contribution is 1.17. The lowest BCUT2D eigenvalue weighted by Crippen LogP contribution is -1.97. The van der Waals surface area contributed by atoms with Crippen LogP contribution >= 0.6 is 0 Å². The van der Waals surface area contributed by atoms with Crippen molar-refractivity contribution in [1.82, 2.24) is 19.1 Å². The van der Waals surface area contributed by atoms with Crippen LogP contribution in [0.1, 0.15) is 0 Å². The van der Waals surface area contributed by atoms with Gasteiger partial charge in [-0.25, -0.2) is 9.97 Å². The van der Waals surface area contributed by atoms with Gasteiger partial charge in [-0.1, -0.05) is 146 Å². The highest BCUT2D eigenvalue weighted by molar-refractivity contribution is 6.19. The molecule has 0 unspecified atom stereocenters. The summed E-state index contributed by atoms with van der Waals surface area (Å²) >= 11 is 0. The van der Waals surface area contributed by atoms with Crippen molar-refractivity contribution in [2.24, 2.45) is 0 Å². The summed E-state index contributed by atoms with van der Waals surface area (Å²) in [7, 11) is 0. The Morgan fingerprint density at radius 1 is 0.276 bits per heavy atom. The highest BCUT2D eigenvalue weighted by Crippen LogP contribution is 2.40. The average Bonchev–Trinajstić information content (AvgIpc) is 3.80. The van der Waals surface area contributed by atoms with Gasteiger partial charge in [0.1, 0.15) is 0 Å². The van der Waals surface area contributed by atoms with Crippen molar-refractivity contribution in [3.63, 3.8) is 0 Å². The lowest BCUT2D eigenvalue weighted by atomic mass is 10.0. The minimum atomic E-state index is 0.712. The molecule has 0 spiro atoms. The minimum Gasteiger partial charge on any atom is -0.309 e. The van der Waals surface area contributed by atoms with Gasteiger partial charge in [0.2, 0.25) is 0 Å². The number of benzene rings is 9. The van der Waals surface area contributed by atoms with Crippen molar-refractivity contribution in [2.75, 3.05) is 0 Å². The number of hydrogen-bond acceptors (Lipinski definition) is 2. The molecule has 0 aliphatic rings. The van der Waals surface area contributed by atoms with Gasteiger partial charge in [0.15, 0.2) is 5.82 Å². The topological polar surface area (TPSA) is 35.6 Å². The van der Waals surface area contributed by atoms with Gasteiger partial charge in [-0.2, -0.15) is 0 Å². The van der Waals surface area contributed by atoms with Crippen LogP contribution in [-0.2, 0) is 0 Å². The second-order valence-electron chi connectivity index (χ2n) is 15.1. The molecule has 0 fully saturated rings. The van der Waals surface area contributed by atoms with E-state index in [1.54, 1.807) is 0 Å². The second-order valence-corrected chi connectivity index (χ2v) is 15.1. The number of hydrogen-bond donors (Lipinski definition) is 0. The predicted octanol–water partition coefficient (Wildman–Crippen LogP) is 14.0. The predicted molar refractivity (Wildman–Crippen MR) is 242 cm³/mol. The molecule has 0 saturated carbocycles. The van der Waals surface area contributed by atoms with Crippen molar-refractivity contribution in [1.29, 1.82) is 0 Å². The molecular weight excluding hydrogens is 705 g/mol. The standard InChI is InChI=1S/C54H34N4/c1-3-14-37(15-4-1)48-33-49(56-54(55-48)38-16-5-2-6-17-38)40-24-23-36-26-28-43(31-41(36)29-40)58-51-22-12-10-20-45(51)47-32-46-44-19-9-11-21-50(44)57(52(46)34-53(47)58)42-27-25-35-13-7-8-18-39(35)30-42/h1-34H. The van der Waals surface area contributed by atoms with E-state index in [0.717, 1.165) is 44.8 Å². The Morgan fingerprint density at radius 3 is 1.43 bits per heavy atom. The number of fused-ring (bicyclic) bond motifs is 8. The van der Waals surface area contributed by atoms with Crippen molar-refractivity contribution < 1.29 is 0 Å². The van der Waals surface area contributed by atoms with Crippen LogP contribution in [0.3, 0.4) is 0 Å². The fourth-order valence-corrected chi connectivity index (χ4v) is 8.90. The summed E-state index contributed by atoms with van der Waals surface area (Å²) in [5.74, 6) is 0.712. The van der Waals surface area contributed by atoms with Crippen LogP contribution in [-0.4, -0.2) is 19.1 Å². The molecule has 0 bridgehead atoms. The van der Waals surface area contributed by atoms with Gasteiger partial charge in [-0.15, -0.1) is 0 Å². The molecule has 0 radical (unpaired) electrons. The van der Waals surface area contributed by atoms with E-state index in [0.29, 0.717) is 5.82 Å². The van der Waals surface area contributed by atoms with Crippen LogP contribution in [0.15, 0.2) is 206 Å². The minimum absolute atomic E-state index is 0.712. The zero-order valence-electron chi connectivity index (χ0n) is 31.4. The number of nitrogens with zero attached hydrogens (tertiary/aromatic N) is 4. The normalized spacial score (nSPS) is 11.8. The van der Waals surface area contributed by atoms with Crippen LogP contribution in [0, 0.1) is 0 Å². The molecule has 0 N–H and O–H groups in total. The molecule has 4 heteroatoms. The van der Waals surface area contributed by atoms with Crippen molar-refractivity contribution in [3.05, 3.63) is 206 Å². The molecular formula is C54H34N4. The van der Waals surface area contributed by atoms with Crippen LogP contribution in [0.25, 0.3) is 110 Å². The molecule has 3 heterocycles. The third-order valence-corrected chi connectivity index (χ3v) is 11.7. The fourth-order valence-electron chi connectivity index (χ4n) is 8.90. The van der Waals surface area contributed by atoms with Gasteiger partial charge in [0.25, 0.3) is 0 Å². The Balaban J connectivity index is 1.07. The van der Waals surface area contributed by atoms with E-state index in [9.17, 15) is 0 Å². The summed E-state index contributed by atoms with van der Waals surface area (Å²) < 4.78 is 4.87. The maximum Gasteiger partial charge on any atom is 0.160 e. The molecule has 4 nitrogen and oxygen atoms in total. The molecule has 58 heavy (non-hydrogen) atoms. The van der Waals surface area contributed by atoms with Crippen LogP contribution in [0.5, 0.6) is 0 Å². The zero-order valence-corrected chi connectivity index (χ0v) is 31.4. The first-order valence-corrected chi connectivity index (χ1v) is 19.7. The highest BCUT2D eigenvalue weighted by atomic mass is 15.0. The summed E-state index contributed by atoms with van der Waals surface area (Å²) in [4.78, 5) is 10.2. The molecule has 12 aromatic rings. The highest BCUT2D eigenvalue weighted by Gasteiger charge is 2.19. The van der Waals surface area contributed by atoms with Crippen molar-refractivity contribution in [3.8, 4) is 45.3 Å². The van der Waals surface area contributed by atoms with Gasteiger partial charge >= 0.3 is 0 Å². The van der Waals surface area contributed by atoms with Crippen LogP contribution < -0.4 is 0 Å². The molecule has 12 rings (SSSR count). The quantitative estimate of drug-likeness (QED) is 0.176. The molecule has 0 atom stereocenters. The Morgan fingerprint density at radius 2 is 0.776 bits per heavy atom. The van der Waals surface area contributed by atoms with Gasteiger partial charge in [0, 0.05) is 49.6 Å². The largest absolute Gasteiger partial charge is 0.309 e. The van der Waals surface area contributed by atoms with E-state index in [4.69, 9.17) is 9.97 Å². The number of rotatable bonds is 5.